The minimum absolute atomic E-state index is 0.0802. The Balaban J connectivity index is 1.30. The maximum Gasteiger partial charge on any atom is 0.311 e. The monoisotopic (exact) mass is 618 g/mol. The van der Waals surface area contributed by atoms with Crippen LogP contribution in [0.3, 0.4) is 0 Å². The summed E-state index contributed by atoms with van der Waals surface area (Å²) in [5, 5.41) is 6.27. The summed E-state index contributed by atoms with van der Waals surface area (Å²) < 4.78 is 6.74. The number of aryl methyl sites for hydroxylation is 1. The van der Waals surface area contributed by atoms with Gasteiger partial charge in [0.15, 0.2) is 0 Å². The molecule has 1 aliphatic rings. The van der Waals surface area contributed by atoms with E-state index in [2.05, 4.69) is 31.5 Å². The normalized spacial score (nSPS) is 13.6. The summed E-state index contributed by atoms with van der Waals surface area (Å²) in [5.41, 5.74) is 1.67. The van der Waals surface area contributed by atoms with Crippen LogP contribution >= 0.6 is 39.1 Å². The minimum atomic E-state index is -0.722. The van der Waals surface area contributed by atoms with Crippen molar-refractivity contribution in [1.29, 1.82) is 0 Å². The topological polar surface area (TPSA) is 101 Å². The van der Waals surface area contributed by atoms with E-state index in [1.807, 2.05) is 19.1 Å². The smallest absolute Gasteiger partial charge is 0.311 e. The zero-order valence-corrected chi connectivity index (χ0v) is 23.6. The summed E-state index contributed by atoms with van der Waals surface area (Å²) in [7, 11) is 0. The number of hydrogen-bond donors (Lipinski definition) is 2. The standard InChI is InChI=1S/C27H25BrCl2N4O4/c1-16-6-9-31-24(12-16)33-25(35)17-7-10-34(11-8-17)27(37)26(36)32-15-18-2-3-19(28)13-23(18)38-20-4-5-21(29)22(30)14-20/h2-6,9,12-14,17H,7-8,10-11,15H2,1H3,(H,32,36)(H,31,33,35). The number of piperidine rings is 1. The molecule has 0 spiro atoms. The van der Waals surface area contributed by atoms with Crippen molar-refractivity contribution in [3.05, 3.63) is 80.4 Å². The third-order valence-electron chi connectivity index (χ3n) is 6.10. The molecule has 198 valence electrons. The molecule has 3 aromatic rings. The number of pyridine rings is 1. The van der Waals surface area contributed by atoms with E-state index in [0.29, 0.717) is 58.9 Å². The number of carbonyl (C=O) groups is 3. The van der Waals surface area contributed by atoms with E-state index in [0.717, 1.165) is 10.0 Å². The minimum Gasteiger partial charge on any atom is -0.457 e. The van der Waals surface area contributed by atoms with Gasteiger partial charge in [-0.05, 0) is 61.7 Å². The predicted molar refractivity (Wildman–Crippen MR) is 149 cm³/mol. The lowest BCUT2D eigenvalue weighted by molar-refractivity contribution is -0.147. The zero-order valence-electron chi connectivity index (χ0n) is 20.5. The number of carbonyl (C=O) groups excluding carboxylic acids is 3. The summed E-state index contributed by atoms with van der Waals surface area (Å²) in [4.78, 5) is 43.6. The Labute approximate surface area is 238 Å². The van der Waals surface area contributed by atoms with Crippen molar-refractivity contribution in [3.63, 3.8) is 0 Å². The quantitative estimate of drug-likeness (QED) is 0.343. The molecule has 1 saturated heterocycles. The van der Waals surface area contributed by atoms with Crippen LogP contribution in [0.1, 0.15) is 24.0 Å². The molecule has 1 aliphatic heterocycles. The number of halogens is 3. The third kappa shape index (κ3) is 7.24. The molecule has 0 aliphatic carbocycles. The van der Waals surface area contributed by atoms with Crippen LogP contribution in [0.15, 0.2) is 59.2 Å². The Hall–Kier alpha value is -3.14. The fourth-order valence-corrected chi connectivity index (χ4v) is 4.64. The van der Waals surface area contributed by atoms with Crippen molar-refractivity contribution in [2.45, 2.75) is 26.3 Å². The summed E-state index contributed by atoms with van der Waals surface area (Å²) in [6.45, 7) is 2.63. The number of anilines is 1. The van der Waals surface area contributed by atoms with Gasteiger partial charge in [0.25, 0.3) is 0 Å². The van der Waals surface area contributed by atoms with Crippen LogP contribution in [0, 0.1) is 12.8 Å². The van der Waals surface area contributed by atoms with Gasteiger partial charge < -0.3 is 20.3 Å². The molecule has 38 heavy (non-hydrogen) atoms. The van der Waals surface area contributed by atoms with E-state index < -0.39 is 11.8 Å². The van der Waals surface area contributed by atoms with Crippen LogP contribution in [0.2, 0.25) is 10.0 Å². The predicted octanol–water partition coefficient (Wildman–Crippen LogP) is 5.75. The van der Waals surface area contributed by atoms with Crippen molar-refractivity contribution in [1.82, 2.24) is 15.2 Å². The summed E-state index contributed by atoms with van der Waals surface area (Å²) in [6, 6.07) is 13.9. The molecule has 4 rings (SSSR count). The first-order chi connectivity index (χ1) is 18.2. The summed E-state index contributed by atoms with van der Waals surface area (Å²) in [6.07, 6.45) is 2.57. The lowest BCUT2D eigenvalue weighted by Crippen LogP contribution is -2.47. The highest BCUT2D eigenvalue weighted by atomic mass is 79.9. The molecule has 8 nitrogen and oxygen atoms in total. The van der Waals surface area contributed by atoms with E-state index in [9.17, 15) is 14.4 Å². The van der Waals surface area contributed by atoms with Gasteiger partial charge in [-0.15, -0.1) is 0 Å². The van der Waals surface area contributed by atoms with Gasteiger partial charge >= 0.3 is 11.8 Å². The number of aromatic nitrogens is 1. The Morgan fingerprint density at radius 3 is 2.53 bits per heavy atom. The van der Waals surface area contributed by atoms with E-state index in [1.165, 1.54) is 4.90 Å². The fraction of sp³-hybridized carbons (Fsp3) is 0.259. The first kappa shape index (κ1) is 27.9. The van der Waals surface area contributed by atoms with Crippen LogP contribution in [-0.4, -0.2) is 40.7 Å². The van der Waals surface area contributed by atoms with Gasteiger partial charge in [-0.3, -0.25) is 14.4 Å². The van der Waals surface area contributed by atoms with Gasteiger partial charge in [-0.25, -0.2) is 4.98 Å². The Kier molecular flexibility index (Phi) is 9.25. The van der Waals surface area contributed by atoms with E-state index in [1.54, 1.807) is 42.6 Å². The second-order valence-corrected chi connectivity index (χ2v) is 10.6. The van der Waals surface area contributed by atoms with Crippen LogP contribution in [0.5, 0.6) is 11.5 Å². The number of hydrogen-bond acceptors (Lipinski definition) is 5. The van der Waals surface area contributed by atoms with Crippen molar-refractivity contribution in [2.75, 3.05) is 18.4 Å². The van der Waals surface area contributed by atoms with E-state index in [4.69, 9.17) is 27.9 Å². The molecule has 2 aromatic carbocycles. The highest BCUT2D eigenvalue weighted by Gasteiger charge is 2.30. The number of likely N-dealkylation sites (tertiary alicyclic amines) is 1. The van der Waals surface area contributed by atoms with E-state index in [-0.39, 0.29) is 18.4 Å². The number of nitrogens with one attached hydrogen (secondary N) is 2. The molecule has 1 fully saturated rings. The van der Waals surface area contributed by atoms with Gasteiger partial charge in [-0.2, -0.15) is 0 Å². The number of amides is 3. The fourth-order valence-electron chi connectivity index (χ4n) is 4.01. The molecule has 1 aromatic heterocycles. The first-order valence-electron chi connectivity index (χ1n) is 11.9. The Morgan fingerprint density at radius 2 is 1.82 bits per heavy atom. The van der Waals surface area contributed by atoms with Gasteiger partial charge in [0.05, 0.1) is 10.0 Å². The average molecular weight is 620 g/mol. The van der Waals surface area contributed by atoms with Crippen LogP contribution < -0.4 is 15.4 Å². The maximum atomic E-state index is 12.8. The van der Waals surface area contributed by atoms with Gasteiger partial charge in [0.1, 0.15) is 17.3 Å². The second-order valence-electron chi connectivity index (χ2n) is 8.89. The average Bonchev–Trinajstić information content (AvgIpc) is 2.90. The summed E-state index contributed by atoms with van der Waals surface area (Å²) in [5.74, 6) is -0.277. The molecule has 2 heterocycles. The van der Waals surface area contributed by atoms with Gasteiger partial charge in [0, 0.05) is 47.9 Å². The molecule has 2 N–H and O–H groups in total. The van der Waals surface area contributed by atoms with Crippen molar-refractivity contribution >= 4 is 62.7 Å². The van der Waals surface area contributed by atoms with Crippen LogP contribution in [0.4, 0.5) is 5.82 Å². The summed E-state index contributed by atoms with van der Waals surface area (Å²) >= 11 is 15.5. The van der Waals surface area contributed by atoms with Crippen molar-refractivity contribution < 1.29 is 19.1 Å². The van der Waals surface area contributed by atoms with Crippen LogP contribution in [-0.2, 0) is 20.9 Å². The molecule has 0 atom stereocenters. The third-order valence-corrected chi connectivity index (χ3v) is 7.33. The molecule has 3 amide bonds. The van der Waals surface area contributed by atoms with Crippen LogP contribution in [0.25, 0.3) is 0 Å². The molecule has 0 saturated carbocycles. The molecular weight excluding hydrogens is 595 g/mol. The molecule has 0 radical (unpaired) electrons. The molecular formula is C27H25BrCl2N4O4. The molecule has 11 heteroatoms. The highest BCUT2D eigenvalue weighted by Crippen LogP contribution is 2.32. The number of ether oxygens (including phenoxy) is 1. The highest BCUT2D eigenvalue weighted by molar-refractivity contribution is 9.10. The van der Waals surface area contributed by atoms with Gasteiger partial charge in [0.2, 0.25) is 5.91 Å². The van der Waals surface area contributed by atoms with Crippen molar-refractivity contribution in [3.8, 4) is 11.5 Å². The molecule has 0 unspecified atom stereocenters. The zero-order chi connectivity index (χ0) is 27.2. The Bertz CT molecular complexity index is 1360. The van der Waals surface area contributed by atoms with Crippen molar-refractivity contribution in [2.24, 2.45) is 5.92 Å². The lowest BCUT2D eigenvalue weighted by atomic mass is 9.96. The number of rotatable bonds is 6. The Morgan fingerprint density at radius 1 is 1.05 bits per heavy atom. The largest absolute Gasteiger partial charge is 0.457 e. The first-order valence-corrected chi connectivity index (χ1v) is 13.5. The second kappa shape index (κ2) is 12.6. The lowest BCUT2D eigenvalue weighted by Gasteiger charge is -2.30. The number of nitrogens with zero attached hydrogens (tertiary/aromatic N) is 2. The van der Waals surface area contributed by atoms with Gasteiger partial charge in [-0.1, -0.05) is 45.2 Å². The number of benzene rings is 2. The van der Waals surface area contributed by atoms with E-state index >= 15 is 0 Å². The maximum absolute atomic E-state index is 12.8. The molecule has 0 bridgehead atoms. The SMILES string of the molecule is Cc1ccnc(NC(=O)C2CCN(C(=O)C(=O)NCc3ccc(Br)cc3Oc3ccc(Cl)c(Cl)c3)CC2)c1.